The van der Waals surface area contributed by atoms with E-state index in [9.17, 15) is 9.59 Å². The highest BCUT2D eigenvalue weighted by atomic mass is 35.5. The minimum atomic E-state index is -0.302. The molecule has 0 aliphatic rings. The monoisotopic (exact) mass is 514 g/mol. The molecule has 0 spiro atoms. The Balaban J connectivity index is 1.70. The molecule has 37 heavy (non-hydrogen) atoms. The quantitative estimate of drug-likeness (QED) is 0.270. The molecule has 0 fully saturated rings. The molecule has 0 saturated carbocycles. The predicted molar refractivity (Wildman–Crippen MR) is 149 cm³/mol. The van der Waals surface area contributed by atoms with Gasteiger partial charge in [-0.3, -0.25) is 9.59 Å². The molecule has 0 aliphatic carbocycles. The largest absolute Gasteiger partial charge is 0.329 e. The number of unbranched alkanes of at least 4 members (excludes halogenated alkanes) is 1. The standard InChI is InChI=1S/C30H31ClN4O2/c1-4-5-19-34(30(37)24-16-10-11-17-25(24)31)20-27(36)32-29-28(23-14-7-6-8-15-23)22(3)33-35(29)26-18-12-9-13-21(26)2/h6-18H,4-5,19-20H2,1-3H3,(H,32,36). The summed E-state index contributed by atoms with van der Waals surface area (Å²) in [6.45, 7) is 6.34. The lowest BCUT2D eigenvalue weighted by Gasteiger charge is -2.23. The van der Waals surface area contributed by atoms with E-state index in [-0.39, 0.29) is 18.4 Å². The van der Waals surface area contributed by atoms with E-state index in [1.54, 1.807) is 33.8 Å². The first-order chi connectivity index (χ1) is 17.9. The number of aromatic nitrogens is 2. The van der Waals surface area contributed by atoms with Crippen molar-refractivity contribution in [3.8, 4) is 16.8 Å². The van der Waals surface area contributed by atoms with E-state index in [4.69, 9.17) is 16.7 Å². The van der Waals surface area contributed by atoms with E-state index in [2.05, 4.69) is 5.32 Å². The van der Waals surface area contributed by atoms with Crippen LogP contribution in [0.25, 0.3) is 16.8 Å². The second-order valence-corrected chi connectivity index (χ2v) is 9.39. The molecule has 2 amide bonds. The number of anilines is 1. The Morgan fingerprint density at radius 1 is 0.946 bits per heavy atom. The number of halogens is 1. The number of para-hydroxylation sites is 1. The molecule has 0 saturated heterocycles. The number of nitrogens with one attached hydrogen (secondary N) is 1. The van der Waals surface area contributed by atoms with Crippen LogP contribution in [0.1, 0.15) is 41.4 Å². The first kappa shape index (κ1) is 26.2. The van der Waals surface area contributed by atoms with Gasteiger partial charge in [-0.25, -0.2) is 4.68 Å². The number of amides is 2. The van der Waals surface area contributed by atoms with Crippen molar-refractivity contribution in [3.63, 3.8) is 0 Å². The fourth-order valence-corrected chi connectivity index (χ4v) is 4.54. The molecule has 0 unspecified atom stereocenters. The maximum atomic E-state index is 13.5. The fourth-order valence-electron chi connectivity index (χ4n) is 4.32. The van der Waals surface area contributed by atoms with Gasteiger partial charge in [0.05, 0.1) is 22.0 Å². The van der Waals surface area contributed by atoms with Crippen molar-refractivity contribution in [2.45, 2.75) is 33.6 Å². The topological polar surface area (TPSA) is 67.2 Å². The minimum Gasteiger partial charge on any atom is -0.329 e. The minimum absolute atomic E-state index is 0.101. The molecule has 1 N–H and O–H groups in total. The maximum absolute atomic E-state index is 13.5. The van der Waals surface area contributed by atoms with E-state index in [0.29, 0.717) is 22.9 Å². The normalized spacial score (nSPS) is 10.8. The van der Waals surface area contributed by atoms with Crippen LogP contribution in [0, 0.1) is 13.8 Å². The molecular formula is C30H31ClN4O2. The zero-order chi connectivity index (χ0) is 26.4. The van der Waals surface area contributed by atoms with Crippen molar-refractivity contribution < 1.29 is 9.59 Å². The summed E-state index contributed by atoms with van der Waals surface area (Å²) in [7, 11) is 0. The summed E-state index contributed by atoms with van der Waals surface area (Å²) in [5.74, 6) is 0.00753. The van der Waals surface area contributed by atoms with E-state index < -0.39 is 0 Å². The van der Waals surface area contributed by atoms with Crippen molar-refractivity contribution in [1.82, 2.24) is 14.7 Å². The first-order valence-electron chi connectivity index (χ1n) is 12.5. The fraction of sp³-hybridized carbons (Fsp3) is 0.233. The molecule has 3 aromatic carbocycles. The SMILES string of the molecule is CCCCN(CC(=O)Nc1c(-c2ccccc2)c(C)nn1-c1ccccc1C)C(=O)c1ccccc1Cl. The Morgan fingerprint density at radius 3 is 2.32 bits per heavy atom. The average molecular weight is 515 g/mol. The number of rotatable bonds is 9. The number of carbonyl (C=O) groups excluding carboxylic acids is 2. The maximum Gasteiger partial charge on any atom is 0.255 e. The van der Waals surface area contributed by atoms with Crippen LogP contribution in [0.2, 0.25) is 5.02 Å². The summed E-state index contributed by atoms with van der Waals surface area (Å²) >= 11 is 6.30. The zero-order valence-corrected chi connectivity index (χ0v) is 22.1. The second-order valence-electron chi connectivity index (χ2n) is 8.98. The molecule has 4 rings (SSSR count). The van der Waals surface area contributed by atoms with Gasteiger partial charge in [-0.05, 0) is 49.6 Å². The van der Waals surface area contributed by atoms with Crippen LogP contribution in [0.5, 0.6) is 0 Å². The van der Waals surface area contributed by atoms with E-state index in [1.807, 2.05) is 75.4 Å². The van der Waals surface area contributed by atoms with Crippen LogP contribution in [0.3, 0.4) is 0 Å². The van der Waals surface area contributed by atoms with Gasteiger partial charge < -0.3 is 10.2 Å². The van der Waals surface area contributed by atoms with Gasteiger partial charge in [0.15, 0.2) is 0 Å². The smallest absolute Gasteiger partial charge is 0.255 e. The molecule has 4 aromatic rings. The van der Waals surface area contributed by atoms with Gasteiger partial charge in [0.25, 0.3) is 5.91 Å². The lowest BCUT2D eigenvalue weighted by molar-refractivity contribution is -0.116. The van der Waals surface area contributed by atoms with Gasteiger partial charge in [-0.2, -0.15) is 5.10 Å². The van der Waals surface area contributed by atoms with Crippen molar-refractivity contribution in [3.05, 3.63) is 101 Å². The van der Waals surface area contributed by atoms with Crippen LogP contribution >= 0.6 is 11.6 Å². The van der Waals surface area contributed by atoms with E-state index in [0.717, 1.165) is 40.9 Å². The number of aryl methyl sites for hydroxylation is 2. The Morgan fingerprint density at radius 2 is 1.62 bits per heavy atom. The van der Waals surface area contributed by atoms with Crippen molar-refractivity contribution in [2.75, 3.05) is 18.4 Å². The summed E-state index contributed by atoms with van der Waals surface area (Å²) in [6, 6.07) is 24.7. The molecule has 0 aliphatic heterocycles. The summed E-state index contributed by atoms with van der Waals surface area (Å²) < 4.78 is 1.77. The zero-order valence-electron chi connectivity index (χ0n) is 21.4. The van der Waals surface area contributed by atoms with E-state index >= 15 is 0 Å². The highest BCUT2D eigenvalue weighted by molar-refractivity contribution is 6.33. The summed E-state index contributed by atoms with van der Waals surface area (Å²) in [5, 5.41) is 8.25. The molecule has 190 valence electrons. The molecule has 6 nitrogen and oxygen atoms in total. The van der Waals surface area contributed by atoms with E-state index in [1.165, 1.54) is 0 Å². The number of hydrogen-bond donors (Lipinski definition) is 1. The average Bonchev–Trinajstić information content (AvgIpc) is 3.22. The molecule has 1 aromatic heterocycles. The first-order valence-corrected chi connectivity index (χ1v) is 12.8. The summed E-state index contributed by atoms with van der Waals surface area (Å²) in [6.07, 6.45) is 1.67. The lowest BCUT2D eigenvalue weighted by Crippen LogP contribution is -2.39. The summed E-state index contributed by atoms with van der Waals surface area (Å²) in [4.78, 5) is 28.4. The van der Waals surface area contributed by atoms with Gasteiger partial charge >= 0.3 is 0 Å². The Hall–Kier alpha value is -3.90. The van der Waals surface area contributed by atoms with Gasteiger partial charge in [-0.1, -0.05) is 85.6 Å². The van der Waals surface area contributed by atoms with Gasteiger partial charge in [-0.15, -0.1) is 0 Å². The van der Waals surface area contributed by atoms with Gasteiger partial charge in [0, 0.05) is 12.1 Å². The molecule has 1 heterocycles. The van der Waals surface area contributed by atoms with Crippen LogP contribution in [0.15, 0.2) is 78.9 Å². The third-order valence-electron chi connectivity index (χ3n) is 6.23. The predicted octanol–water partition coefficient (Wildman–Crippen LogP) is 6.69. The number of nitrogens with zero attached hydrogens (tertiary/aromatic N) is 3. The van der Waals surface area contributed by atoms with Crippen molar-refractivity contribution in [2.24, 2.45) is 0 Å². The second kappa shape index (κ2) is 11.9. The van der Waals surface area contributed by atoms with Crippen LogP contribution in [-0.4, -0.2) is 39.6 Å². The molecule has 7 heteroatoms. The Labute approximate surface area is 222 Å². The molecule has 0 bridgehead atoms. The lowest BCUT2D eigenvalue weighted by atomic mass is 10.1. The number of carbonyl (C=O) groups is 2. The molecule has 0 atom stereocenters. The van der Waals surface area contributed by atoms with Gasteiger partial charge in [0.2, 0.25) is 5.91 Å². The molecule has 0 radical (unpaired) electrons. The summed E-state index contributed by atoms with van der Waals surface area (Å²) in [5.41, 5.74) is 4.87. The van der Waals surface area contributed by atoms with Crippen LogP contribution < -0.4 is 5.32 Å². The highest BCUT2D eigenvalue weighted by Crippen LogP contribution is 2.34. The third-order valence-corrected chi connectivity index (χ3v) is 6.56. The van der Waals surface area contributed by atoms with Gasteiger partial charge in [0.1, 0.15) is 12.4 Å². The number of benzene rings is 3. The Bertz CT molecular complexity index is 1400. The van der Waals surface area contributed by atoms with Crippen molar-refractivity contribution in [1.29, 1.82) is 0 Å². The third kappa shape index (κ3) is 5.92. The van der Waals surface area contributed by atoms with Crippen LogP contribution in [-0.2, 0) is 4.79 Å². The van der Waals surface area contributed by atoms with Crippen molar-refractivity contribution >= 4 is 29.2 Å². The highest BCUT2D eigenvalue weighted by Gasteiger charge is 2.24. The molecular weight excluding hydrogens is 484 g/mol. The van der Waals surface area contributed by atoms with Crippen LogP contribution in [0.4, 0.5) is 5.82 Å². The Kier molecular flexibility index (Phi) is 8.41. The number of hydrogen-bond acceptors (Lipinski definition) is 3.